The molecular weight excluding hydrogens is 236 g/mol. The van der Waals surface area contributed by atoms with Gasteiger partial charge in [-0.2, -0.15) is 0 Å². The van der Waals surface area contributed by atoms with E-state index in [-0.39, 0.29) is 5.91 Å². The Kier molecular flexibility index (Phi) is 3.93. The van der Waals surface area contributed by atoms with E-state index in [1.54, 1.807) is 0 Å². The zero-order valence-corrected chi connectivity index (χ0v) is 12.2. The molecule has 0 aliphatic carbocycles. The van der Waals surface area contributed by atoms with Gasteiger partial charge in [0.15, 0.2) is 0 Å². The molecule has 0 aliphatic heterocycles. The first-order valence-corrected chi connectivity index (χ1v) is 6.92. The first-order valence-electron chi connectivity index (χ1n) is 6.92. The van der Waals surface area contributed by atoms with Gasteiger partial charge in [-0.15, -0.1) is 0 Å². The van der Waals surface area contributed by atoms with Crippen LogP contribution in [0.25, 0.3) is 10.9 Å². The Morgan fingerprint density at radius 3 is 2.63 bits per heavy atom. The van der Waals surface area contributed by atoms with Crippen molar-refractivity contribution < 1.29 is 4.79 Å². The SMILES string of the molecule is CCn1c(C(=O)NCC(C)C)c(C)c2ccccc21. The summed E-state index contributed by atoms with van der Waals surface area (Å²) in [6, 6.07) is 8.19. The van der Waals surface area contributed by atoms with Crippen molar-refractivity contribution in [2.24, 2.45) is 5.92 Å². The van der Waals surface area contributed by atoms with Crippen molar-refractivity contribution in [3.8, 4) is 0 Å². The molecule has 0 fully saturated rings. The maximum atomic E-state index is 12.4. The second-order valence-electron chi connectivity index (χ2n) is 5.34. The molecule has 0 bridgehead atoms. The summed E-state index contributed by atoms with van der Waals surface area (Å²) >= 11 is 0. The number of rotatable bonds is 4. The van der Waals surface area contributed by atoms with E-state index in [1.165, 1.54) is 5.39 Å². The summed E-state index contributed by atoms with van der Waals surface area (Å²) in [6.07, 6.45) is 0. The topological polar surface area (TPSA) is 34.0 Å². The number of nitrogens with one attached hydrogen (secondary N) is 1. The first-order chi connectivity index (χ1) is 9.06. The molecule has 0 radical (unpaired) electrons. The Hall–Kier alpha value is -1.77. The molecule has 0 unspecified atom stereocenters. The van der Waals surface area contributed by atoms with Crippen LogP contribution in [0.4, 0.5) is 0 Å². The van der Waals surface area contributed by atoms with Crippen LogP contribution in [0.1, 0.15) is 36.8 Å². The Bertz CT molecular complexity index is 596. The molecule has 0 spiro atoms. The van der Waals surface area contributed by atoms with Crippen molar-refractivity contribution in [3.63, 3.8) is 0 Å². The highest BCUT2D eigenvalue weighted by molar-refractivity contribution is 6.01. The minimum atomic E-state index is 0.0317. The summed E-state index contributed by atoms with van der Waals surface area (Å²) in [4.78, 5) is 12.4. The van der Waals surface area contributed by atoms with Crippen molar-refractivity contribution in [2.75, 3.05) is 6.54 Å². The maximum absolute atomic E-state index is 12.4. The van der Waals surface area contributed by atoms with Gasteiger partial charge in [-0.05, 0) is 31.4 Å². The summed E-state index contributed by atoms with van der Waals surface area (Å²) in [6.45, 7) is 9.82. The molecule has 1 N–H and O–H groups in total. The lowest BCUT2D eigenvalue weighted by Gasteiger charge is -2.11. The number of carbonyl (C=O) groups excluding carboxylic acids is 1. The summed E-state index contributed by atoms with van der Waals surface area (Å²) < 4.78 is 2.10. The van der Waals surface area contributed by atoms with Crippen molar-refractivity contribution in [1.82, 2.24) is 9.88 Å². The molecule has 0 aliphatic rings. The standard InChI is InChI=1S/C16H22N2O/c1-5-18-14-9-7-6-8-13(14)12(4)15(18)16(19)17-10-11(2)3/h6-9,11H,5,10H2,1-4H3,(H,17,19). The monoisotopic (exact) mass is 258 g/mol. The van der Waals surface area contributed by atoms with E-state index in [0.29, 0.717) is 12.5 Å². The highest BCUT2D eigenvalue weighted by atomic mass is 16.1. The molecule has 19 heavy (non-hydrogen) atoms. The zero-order chi connectivity index (χ0) is 14.0. The highest BCUT2D eigenvalue weighted by Gasteiger charge is 2.18. The molecule has 3 heteroatoms. The number of fused-ring (bicyclic) bond motifs is 1. The van der Waals surface area contributed by atoms with Crippen LogP contribution < -0.4 is 5.32 Å². The van der Waals surface area contributed by atoms with Gasteiger partial charge >= 0.3 is 0 Å². The Morgan fingerprint density at radius 2 is 2.00 bits per heavy atom. The lowest BCUT2D eigenvalue weighted by atomic mass is 10.1. The van der Waals surface area contributed by atoms with Crippen LogP contribution in [0.2, 0.25) is 0 Å². The van der Waals surface area contributed by atoms with E-state index in [9.17, 15) is 4.79 Å². The van der Waals surface area contributed by atoms with Gasteiger partial charge in [0, 0.05) is 24.0 Å². The predicted octanol–water partition coefficient (Wildman–Crippen LogP) is 3.36. The molecule has 0 atom stereocenters. The molecule has 102 valence electrons. The minimum absolute atomic E-state index is 0.0317. The average molecular weight is 258 g/mol. The van der Waals surface area contributed by atoms with Crippen molar-refractivity contribution >= 4 is 16.8 Å². The smallest absolute Gasteiger partial charge is 0.268 e. The number of nitrogens with zero attached hydrogens (tertiary/aromatic N) is 1. The van der Waals surface area contributed by atoms with E-state index >= 15 is 0 Å². The van der Waals surface area contributed by atoms with E-state index < -0.39 is 0 Å². The summed E-state index contributed by atoms with van der Waals surface area (Å²) in [7, 11) is 0. The van der Waals surface area contributed by atoms with Crippen LogP contribution in [0, 0.1) is 12.8 Å². The lowest BCUT2D eigenvalue weighted by Crippen LogP contribution is -2.29. The van der Waals surface area contributed by atoms with Crippen LogP contribution in [0.3, 0.4) is 0 Å². The molecule has 2 aromatic rings. The van der Waals surface area contributed by atoms with Crippen LogP contribution in [-0.2, 0) is 6.54 Å². The molecule has 1 amide bonds. The Morgan fingerprint density at radius 1 is 1.32 bits per heavy atom. The van der Waals surface area contributed by atoms with E-state index in [0.717, 1.165) is 23.3 Å². The van der Waals surface area contributed by atoms with Gasteiger partial charge in [-0.25, -0.2) is 0 Å². The average Bonchev–Trinajstić information content (AvgIpc) is 2.69. The summed E-state index contributed by atoms with van der Waals surface area (Å²) in [5.41, 5.74) is 3.00. The molecular formula is C16H22N2O. The van der Waals surface area contributed by atoms with E-state index in [1.807, 2.05) is 19.1 Å². The predicted molar refractivity (Wildman–Crippen MR) is 79.5 cm³/mol. The third-order valence-electron chi connectivity index (χ3n) is 3.43. The van der Waals surface area contributed by atoms with Gasteiger partial charge in [-0.1, -0.05) is 32.0 Å². The maximum Gasteiger partial charge on any atom is 0.268 e. The number of aromatic nitrogens is 1. The quantitative estimate of drug-likeness (QED) is 0.896. The van der Waals surface area contributed by atoms with Gasteiger partial charge in [-0.3, -0.25) is 4.79 Å². The van der Waals surface area contributed by atoms with Gasteiger partial charge in [0.05, 0.1) is 0 Å². The molecule has 1 aromatic carbocycles. The molecule has 0 saturated carbocycles. The van der Waals surface area contributed by atoms with Crippen LogP contribution in [-0.4, -0.2) is 17.0 Å². The fourth-order valence-electron chi connectivity index (χ4n) is 2.48. The number of hydrogen-bond donors (Lipinski definition) is 1. The number of amides is 1. The Labute approximate surface area is 114 Å². The summed E-state index contributed by atoms with van der Waals surface area (Å²) in [5.74, 6) is 0.493. The zero-order valence-electron chi connectivity index (χ0n) is 12.2. The molecule has 1 aromatic heterocycles. The van der Waals surface area contributed by atoms with Gasteiger partial charge < -0.3 is 9.88 Å². The van der Waals surface area contributed by atoms with E-state index in [4.69, 9.17) is 0 Å². The largest absolute Gasteiger partial charge is 0.350 e. The number of aryl methyl sites for hydroxylation is 2. The third kappa shape index (κ3) is 2.50. The van der Waals surface area contributed by atoms with Crippen molar-refractivity contribution in [3.05, 3.63) is 35.5 Å². The number of carbonyl (C=O) groups is 1. The third-order valence-corrected chi connectivity index (χ3v) is 3.43. The van der Waals surface area contributed by atoms with Crippen LogP contribution >= 0.6 is 0 Å². The molecule has 2 rings (SSSR count). The van der Waals surface area contributed by atoms with Crippen molar-refractivity contribution in [2.45, 2.75) is 34.2 Å². The second kappa shape index (κ2) is 5.47. The van der Waals surface area contributed by atoms with Gasteiger partial charge in [0.1, 0.15) is 5.69 Å². The number of para-hydroxylation sites is 1. The van der Waals surface area contributed by atoms with Gasteiger partial charge in [0.2, 0.25) is 0 Å². The van der Waals surface area contributed by atoms with Crippen LogP contribution in [0.15, 0.2) is 24.3 Å². The molecule has 3 nitrogen and oxygen atoms in total. The molecule has 0 saturated heterocycles. The lowest BCUT2D eigenvalue weighted by molar-refractivity contribution is 0.0939. The van der Waals surface area contributed by atoms with E-state index in [2.05, 4.69) is 42.8 Å². The number of benzene rings is 1. The highest BCUT2D eigenvalue weighted by Crippen LogP contribution is 2.25. The van der Waals surface area contributed by atoms with Crippen molar-refractivity contribution in [1.29, 1.82) is 0 Å². The fraction of sp³-hybridized carbons (Fsp3) is 0.438. The minimum Gasteiger partial charge on any atom is -0.350 e. The second-order valence-corrected chi connectivity index (χ2v) is 5.34. The fourth-order valence-corrected chi connectivity index (χ4v) is 2.48. The number of hydrogen-bond acceptors (Lipinski definition) is 1. The van der Waals surface area contributed by atoms with Gasteiger partial charge in [0.25, 0.3) is 5.91 Å². The normalized spacial score (nSPS) is 11.2. The van der Waals surface area contributed by atoms with Crippen LogP contribution in [0.5, 0.6) is 0 Å². The Balaban J connectivity index is 2.47. The summed E-state index contributed by atoms with van der Waals surface area (Å²) in [5, 5.41) is 4.18. The molecule has 1 heterocycles. The first kappa shape index (κ1) is 13.7.